The summed E-state index contributed by atoms with van der Waals surface area (Å²) in [5.74, 6) is 0.619. The second kappa shape index (κ2) is 6.34. The van der Waals surface area contributed by atoms with E-state index in [0.29, 0.717) is 22.7 Å². The molecule has 0 heterocycles. The average molecular weight is 295 g/mol. The number of nitrogen functional groups attached to an aromatic ring is 1. The van der Waals surface area contributed by atoms with Gasteiger partial charge >= 0.3 is 6.09 Å². The molecule has 21 heavy (non-hydrogen) atoms. The Balaban J connectivity index is 3.15. The summed E-state index contributed by atoms with van der Waals surface area (Å²) in [6.07, 6.45) is -0.641. The lowest BCUT2D eigenvalue weighted by Gasteiger charge is -2.21. The van der Waals surface area contributed by atoms with Crippen molar-refractivity contribution < 1.29 is 19.0 Å². The molecule has 1 aromatic carbocycles. The van der Waals surface area contributed by atoms with Gasteiger partial charge in [0.2, 0.25) is 0 Å². The van der Waals surface area contributed by atoms with E-state index in [-0.39, 0.29) is 5.84 Å². The third-order valence-corrected chi connectivity index (χ3v) is 2.45. The van der Waals surface area contributed by atoms with Crippen molar-refractivity contribution in [3.63, 3.8) is 0 Å². The predicted molar refractivity (Wildman–Crippen MR) is 80.4 cm³/mol. The largest absolute Gasteiger partial charge is 0.493 e. The van der Waals surface area contributed by atoms with E-state index in [9.17, 15) is 4.79 Å². The first kappa shape index (κ1) is 16.6. The predicted octanol–water partition coefficient (Wildman–Crippen LogP) is 2.33. The van der Waals surface area contributed by atoms with Crippen molar-refractivity contribution in [2.45, 2.75) is 26.4 Å². The van der Waals surface area contributed by atoms with Crippen molar-refractivity contribution in [3.05, 3.63) is 17.7 Å². The molecule has 1 amide bonds. The Hall–Kier alpha value is -2.44. The first-order valence-electron chi connectivity index (χ1n) is 6.28. The van der Waals surface area contributed by atoms with Gasteiger partial charge in [0.15, 0.2) is 11.5 Å². The fourth-order valence-corrected chi connectivity index (χ4v) is 1.62. The Morgan fingerprint density at radius 2 is 1.71 bits per heavy atom. The number of carbonyl (C=O) groups is 1. The van der Waals surface area contributed by atoms with E-state index in [0.717, 1.165) is 0 Å². The van der Waals surface area contributed by atoms with Crippen molar-refractivity contribution in [3.8, 4) is 11.5 Å². The molecule has 116 valence electrons. The number of amidine groups is 1. The van der Waals surface area contributed by atoms with E-state index in [2.05, 4.69) is 5.32 Å². The van der Waals surface area contributed by atoms with Gasteiger partial charge in [-0.1, -0.05) is 0 Å². The smallest absolute Gasteiger partial charge is 0.412 e. The maximum Gasteiger partial charge on any atom is 0.412 e. The Bertz CT molecular complexity index is 550. The number of nitrogens with one attached hydrogen (secondary N) is 2. The van der Waals surface area contributed by atoms with Gasteiger partial charge in [-0.05, 0) is 26.8 Å². The fourth-order valence-electron chi connectivity index (χ4n) is 1.62. The summed E-state index contributed by atoms with van der Waals surface area (Å²) in [5, 5.41) is 10.1. The van der Waals surface area contributed by atoms with Crippen LogP contribution in [0.4, 0.5) is 10.5 Å². The zero-order chi connectivity index (χ0) is 16.2. The molecule has 0 aliphatic rings. The minimum absolute atomic E-state index is 0.206. The van der Waals surface area contributed by atoms with Crippen LogP contribution < -0.4 is 20.5 Å². The highest BCUT2D eigenvalue weighted by molar-refractivity contribution is 6.04. The summed E-state index contributed by atoms with van der Waals surface area (Å²) < 4.78 is 15.5. The van der Waals surface area contributed by atoms with Gasteiger partial charge in [-0.15, -0.1) is 0 Å². The summed E-state index contributed by atoms with van der Waals surface area (Å²) in [5.41, 5.74) is 5.53. The third kappa shape index (κ3) is 4.55. The van der Waals surface area contributed by atoms with Gasteiger partial charge < -0.3 is 19.9 Å². The minimum Gasteiger partial charge on any atom is -0.493 e. The van der Waals surface area contributed by atoms with Crippen molar-refractivity contribution in [2.24, 2.45) is 5.73 Å². The molecule has 0 atom stereocenters. The number of ether oxygens (including phenoxy) is 3. The second-order valence-corrected chi connectivity index (χ2v) is 5.29. The van der Waals surface area contributed by atoms with Crippen LogP contribution in [0.1, 0.15) is 26.3 Å². The first-order valence-corrected chi connectivity index (χ1v) is 6.28. The van der Waals surface area contributed by atoms with E-state index >= 15 is 0 Å². The van der Waals surface area contributed by atoms with E-state index < -0.39 is 11.7 Å². The van der Waals surface area contributed by atoms with Gasteiger partial charge in [0.1, 0.15) is 11.4 Å². The van der Waals surface area contributed by atoms with E-state index in [1.807, 2.05) is 0 Å². The molecule has 0 fully saturated rings. The van der Waals surface area contributed by atoms with Gasteiger partial charge in [-0.25, -0.2) is 4.79 Å². The molecule has 7 heteroatoms. The molecule has 0 aliphatic carbocycles. The van der Waals surface area contributed by atoms with Gasteiger partial charge in [0.05, 0.1) is 19.9 Å². The summed E-state index contributed by atoms with van der Waals surface area (Å²) in [6.45, 7) is 5.27. The van der Waals surface area contributed by atoms with Crippen LogP contribution in [0.25, 0.3) is 0 Å². The van der Waals surface area contributed by atoms with E-state index in [4.69, 9.17) is 25.4 Å². The summed E-state index contributed by atoms with van der Waals surface area (Å²) in [7, 11) is 2.95. The van der Waals surface area contributed by atoms with Gasteiger partial charge in [0, 0.05) is 11.6 Å². The van der Waals surface area contributed by atoms with E-state index in [1.54, 1.807) is 20.8 Å². The quantitative estimate of drug-likeness (QED) is 0.584. The molecular formula is C14H21N3O4. The topological polar surface area (TPSA) is 107 Å². The first-order chi connectivity index (χ1) is 9.67. The molecule has 4 N–H and O–H groups in total. The van der Waals surface area contributed by atoms with Crippen LogP contribution in [0.15, 0.2) is 12.1 Å². The normalized spacial score (nSPS) is 10.7. The lowest BCUT2D eigenvalue weighted by Crippen LogP contribution is -2.28. The van der Waals surface area contributed by atoms with Crippen LogP contribution in [0.5, 0.6) is 11.5 Å². The van der Waals surface area contributed by atoms with Crippen molar-refractivity contribution >= 4 is 17.6 Å². The van der Waals surface area contributed by atoms with Gasteiger partial charge in [0.25, 0.3) is 0 Å². The molecule has 0 bridgehead atoms. The monoisotopic (exact) mass is 295 g/mol. The highest BCUT2D eigenvalue weighted by atomic mass is 16.6. The summed E-state index contributed by atoms with van der Waals surface area (Å²) in [4.78, 5) is 11.8. The van der Waals surface area contributed by atoms with E-state index in [1.165, 1.54) is 26.4 Å². The SMILES string of the molecule is COc1cc(NC(=O)OC(C)(C)C)c(C(=N)N)cc1OC. The molecule has 0 unspecified atom stereocenters. The van der Waals surface area contributed by atoms with Crippen LogP contribution in [0, 0.1) is 5.41 Å². The van der Waals surface area contributed by atoms with Crippen LogP contribution in [0.2, 0.25) is 0 Å². The Kier molecular flexibility index (Phi) is 5.02. The number of hydrogen-bond donors (Lipinski definition) is 3. The Morgan fingerprint density at radius 3 is 2.14 bits per heavy atom. The molecular weight excluding hydrogens is 274 g/mol. The number of nitrogens with two attached hydrogens (primary N) is 1. The Labute approximate surface area is 123 Å². The molecule has 0 saturated carbocycles. The van der Waals surface area contributed by atoms with Gasteiger partial charge in [-0.3, -0.25) is 10.7 Å². The standard InChI is InChI=1S/C14H21N3O4/c1-14(2,3)21-13(18)17-9-7-11(20-5)10(19-4)6-8(9)12(15)16/h6-7H,1-5H3,(H3,15,16)(H,17,18). The van der Waals surface area contributed by atoms with Crippen LogP contribution in [0.3, 0.4) is 0 Å². The lowest BCUT2D eigenvalue weighted by atomic mass is 10.1. The van der Waals surface area contributed by atoms with Gasteiger partial charge in [-0.2, -0.15) is 0 Å². The number of carbonyl (C=O) groups excluding carboxylic acids is 1. The highest BCUT2D eigenvalue weighted by Gasteiger charge is 2.19. The van der Waals surface area contributed by atoms with Crippen LogP contribution in [-0.2, 0) is 4.74 Å². The molecule has 1 rings (SSSR count). The summed E-state index contributed by atoms with van der Waals surface area (Å²) >= 11 is 0. The zero-order valence-electron chi connectivity index (χ0n) is 12.9. The third-order valence-electron chi connectivity index (χ3n) is 2.45. The molecule has 0 aromatic heterocycles. The number of methoxy groups -OCH3 is 2. The average Bonchev–Trinajstić information content (AvgIpc) is 2.35. The number of hydrogen-bond acceptors (Lipinski definition) is 5. The molecule has 0 spiro atoms. The van der Waals surface area contributed by atoms with Crippen LogP contribution >= 0.6 is 0 Å². The van der Waals surface area contributed by atoms with Crippen molar-refractivity contribution in [1.29, 1.82) is 5.41 Å². The lowest BCUT2D eigenvalue weighted by molar-refractivity contribution is 0.0636. The Morgan fingerprint density at radius 1 is 1.19 bits per heavy atom. The zero-order valence-corrected chi connectivity index (χ0v) is 12.9. The van der Waals surface area contributed by atoms with Crippen molar-refractivity contribution in [1.82, 2.24) is 0 Å². The van der Waals surface area contributed by atoms with Crippen LogP contribution in [-0.4, -0.2) is 31.7 Å². The minimum atomic E-state index is -0.641. The number of rotatable bonds is 4. The molecule has 0 aliphatic heterocycles. The van der Waals surface area contributed by atoms with Crippen molar-refractivity contribution in [2.75, 3.05) is 19.5 Å². The molecule has 0 saturated heterocycles. The molecule has 1 aromatic rings. The number of anilines is 1. The fraction of sp³-hybridized carbons (Fsp3) is 0.429. The second-order valence-electron chi connectivity index (χ2n) is 5.29. The molecule has 7 nitrogen and oxygen atoms in total. The highest BCUT2D eigenvalue weighted by Crippen LogP contribution is 2.33. The summed E-state index contributed by atoms with van der Waals surface area (Å²) in [6, 6.07) is 3.05. The number of benzene rings is 1. The molecule has 0 radical (unpaired) electrons. The number of amides is 1. The maximum atomic E-state index is 11.8. The maximum absolute atomic E-state index is 11.8.